The van der Waals surface area contributed by atoms with Crippen molar-refractivity contribution in [2.24, 2.45) is 0 Å². The van der Waals surface area contributed by atoms with Gasteiger partial charge < -0.3 is 15.2 Å². The van der Waals surface area contributed by atoms with E-state index in [2.05, 4.69) is 11.9 Å². The maximum Gasteiger partial charge on any atom is 0.330 e. The summed E-state index contributed by atoms with van der Waals surface area (Å²) in [6.45, 7) is 5.72. The highest BCUT2D eigenvalue weighted by Gasteiger charge is 2.45. The Balaban J connectivity index is 1.91. The normalized spacial score (nSPS) is 14.3. The predicted molar refractivity (Wildman–Crippen MR) is 98.6 cm³/mol. The molecule has 0 bridgehead atoms. The van der Waals surface area contributed by atoms with Gasteiger partial charge in [-0.25, -0.2) is 4.79 Å². The number of hydrogen-bond donors (Lipinski definition) is 2. The Kier molecular flexibility index (Phi) is 4.80. The fourth-order valence-corrected chi connectivity index (χ4v) is 3.36. The van der Waals surface area contributed by atoms with Crippen LogP contribution in [0.4, 0.5) is 0 Å². The Bertz CT molecular complexity index is 847. The number of ether oxygens (including phenoxy) is 1. The Labute approximate surface area is 152 Å². The number of rotatable bonds is 6. The first-order valence-corrected chi connectivity index (χ1v) is 8.43. The van der Waals surface area contributed by atoms with E-state index >= 15 is 0 Å². The van der Waals surface area contributed by atoms with Crippen molar-refractivity contribution in [3.63, 3.8) is 0 Å². The molecular formula is C21H21NO4. The van der Waals surface area contributed by atoms with E-state index in [0.29, 0.717) is 11.3 Å². The maximum atomic E-state index is 12.9. The first kappa shape index (κ1) is 17.7. The molecule has 2 aromatic rings. The lowest BCUT2D eigenvalue weighted by molar-refractivity contribution is -0.144. The Hall–Kier alpha value is -3.08. The van der Waals surface area contributed by atoms with E-state index in [0.717, 1.165) is 16.7 Å². The number of fused-ring (bicyclic) bond motifs is 1. The average Bonchev–Trinajstić information content (AvgIpc) is 3.00. The number of para-hydroxylation sites is 1. The third-order valence-electron chi connectivity index (χ3n) is 4.67. The molecule has 0 spiro atoms. The number of carbonyl (C=O) groups excluding carboxylic acids is 1. The fourth-order valence-electron chi connectivity index (χ4n) is 3.36. The number of aliphatic carboxylic acids is 1. The van der Waals surface area contributed by atoms with E-state index in [1.54, 1.807) is 18.2 Å². The highest BCUT2D eigenvalue weighted by Crippen LogP contribution is 2.32. The highest BCUT2D eigenvalue weighted by atomic mass is 16.5. The summed E-state index contributed by atoms with van der Waals surface area (Å²) < 4.78 is 5.63. The summed E-state index contributed by atoms with van der Waals surface area (Å²) in [4.78, 5) is 24.9. The zero-order chi connectivity index (χ0) is 18.7. The molecule has 1 amide bonds. The summed E-state index contributed by atoms with van der Waals surface area (Å²) in [5.74, 6) is -1.05. The molecule has 2 aromatic carbocycles. The number of carboxylic acid groups (broad SMARTS) is 1. The van der Waals surface area contributed by atoms with Gasteiger partial charge in [0.05, 0.1) is 5.56 Å². The number of nitrogens with one attached hydrogen (secondary N) is 1. The SMILES string of the molecule is C=CCOc1c(C)cccc1C(=O)NC1(C(=O)O)Cc2ccccc2C1. The lowest BCUT2D eigenvalue weighted by Crippen LogP contribution is -2.55. The standard InChI is InChI=1S/C21H21NO4/c1-3-11-26-18-14(2)7-6-10-17(18)19(23)22-21(20(24)25)12-15-8-4-5-9-16(15)13-21/h3-10H,1,11-13H2,2H3,(H,22,23)(H,24,25). The highest BCUT2D eigenvalue weighted by molar-refractivity contribution is 6.00. The second-order valence-corrected chi connectivity index (χ2v) is 6.51. The van der Waals surface area contributed by atoms with Crippen molar-refractivity contribution in [3.05, 3.63) is 77.4 Å². The number of carbonyl (C=O) groups is 2. The first-order valence-electron chi connectivity index (χ1n) is 8.43. The molecule has 0 heterocycles. The largest absolute Gasteiger partial charge is 0.488 e. The van der Waals surface area contributed by atoms with Crippen molar-refractivity contribution in [3.8, 4) is 5.75 Å². The van der Waals surface area contributed by atoms with Crippen molar-refractivity contribution >= 4 is 11.9 Å². The molecule has 0 atom stereocenters. The van der Waals surface area contributed by atoms with Crippen LogP contribution >= 0.6 is 0 Å². The van der Waals surface area contributed by atoms with E-state index in [4.69, 9.17) is 4.74 Å². The molecule has 26 heavy (non-hydrogen) atoms. The lowest BCUT2D eigenvalue weighted by Gasteiger charge is -2.26. The molecule has 0 unspecified atom stereocenters. The summed E-state index contributed by atoms with van der Waals surface area (Å²) in [5, 5.41) is 12.6. The van der Waals surface area contributed by atoms with Gasteiger partial charge in [-0.2, -0.15) is 0 Å². The summed E-state index contributed by atoms with van der Waals surface area (Å²) >= 11 is 0. The second-order valence-electron chi connectivity index (χ2n) is 6.51. The molecule has 0 saturated carbocycles. The zero-order valence-corrected chi connectivity index (χ0v) is 14.6. The van der Waals surface area contributed by atoms with E-state index in [9.17, 15) is 14.7 Å². The molecule has 0 radical (unpaired) electrons. The van der Waals surface area contributed by atoms with Crippen molar-refractivity contribution < 1.29 is 19.4 Å². The summed E-state index contributed by atoms with van der Waals surface area (Å²) in [5.41, 5.74) is 1.67. The van der Waals surface area contributed by atoms with Gasteiger partial charge >= 0.3 is 5.97 Å². The Morgan fingerprint density at radius 1 is 1.19 bits per heavy atom. The van der Waals surface area contributed by atoms with Crippen LogP contribution in [0, 0.1) is 6.92 Å². The van der Waals surface area contributed by atoms with Crippen LogP contribution in [0.5, 0.6) is 5.75 Å². The molecule has 5 heteroatoms. The van der Waals surface area contributed by atoms with E-state index in [1.807, 2.05) is 37.3 Å². The van der Waals surface area contributed by atoms with Gasteiger partial charge in [-0.1, -0.05) is 49.1 Å². The monoisotopic (exact) mass is 351 g/mol. The molecule has 0 aromatic heterocycles. The summed E-state index contributed by atoms with van der Waals surface area (Å²) in [6, 6.07) is 12.8. The number of carboxylic acids is 1. The fraction of sp³-hybridized carbons (Fsp3) is 0.238. The Morgan fingerprint density at radius 2 is 1.85 bits per heavy atom. The van der Waals surface area contributed by atoms with Gasteiger partial charge in [0.1, 0.15) is 17.9 Å². The molecule has 0 saturated heterocycles. The minimum Gasteiger partial charge on any atom is -0.488 e. The average molecular weight is 351 g/mol. The Morgan fingerprint density at radius 3 is 2.42 bits per heavy atom. The van der Waals surface area contributed by atoms with E-state index in [-0.39, 0.29) is 19.4 Å². The van der Waals surface area contributed by atoms with Crippen LogP contribution in [0.15, 0.2) is 55.1 Å². The van der Waals surface area contributed by atoms with Crippen LogP contribution in [-0.4, -0.2) is 29.1 Å². The number of aryl methyl sites for hydroxylation is 1. The molecule has 3 rings (SSSR count). The molecule has 134 valence electrons. The van der Waals surface area contributed by atoms with E-state index in [1.165, 1.54) is 0 Å². The zero-order valence-electron chi connectivity index (χ0n) is 14.6. The van der Waals surface area contributed by atoms with Gasteiger partial charge in [0.2, 0.25) is 0 Å². The minimum atomic E-state index is -1.35. The number of benzene rings is 2. The third kappa shape index (κ3) is 3.20. The van der Waals surface area contributed by atoms with Crippen LogP contribution in [0.3, 0.4) is 0 Å². The van der Waals surface area contributed by atoms with Crippen LogP contribution in [-0.2, 0) is 17.6 Å². The van der Waals surface area contributed by atoms with Crippen LogP contribution < -0.4 is 10.1 Å². The van der Waals surface area contributed by atoms with Gasteiger partial charge in [0.25, 0.3) is 5.91 Å². The molecule has 5 nitrogen and oxygen atoms in total. The lowest BCUT2D eigenvalue weighted by atomic mass is 9.95. The van der Waals surface area contributed by atoms with E-state index < -0.39 is 17.4 Å². The van der Waals surface area contributed by atoms with Crippen LogP contribution in [0.25, 0.3) is 0 Å². The first-order chi connectivity index (χ1) is 12.5. The van der Waals surface area contributed by atoms with Gasteiger partial charge in [-0.05, 0) is 29.7 Å². The van der Waals surface area contributed by atoms with Crippen LogP contribution in [0.1, 0.15) is 27.0 Å². The summed E-state index contributed by atoms with van der Waals surface area (Å²) in [6.07, 6.45) is 2.12. The van der Waals surface area contributed by atoms with Gasteiger partial charge in [0.15, 0.2) is 0 Å². The topological polar surface area (TPSA) is 75.6 Å². The summed E-state index contributed by atoms with van der Waals surface area (Å²) in [7, 11) is 0. The molecule has 2 N–H and O–H groups in total. The quantitative estimate of drug-likeness (QED) is 0.785. The van der Waals surface area contributed by atoms with Crippen molar-refractivity contribution in [1.29, 1.82) is 0 Å². The van der Waals surface area contributed by atoms with Crippen molar-refractivity contribution in [1.82, 2.24) is 5.32 Å². The van der Waals surface area contributed by atoms with Crippen molar-refractivity contribution in [2.75, 3.05) is 6.61 Å². The van der Waals surface area contributed by atoms with Crippen LogP contribution in [0.2, 0.25) is 0 Å². The maximum absolute atomic E-state index is 12.9. The molecule has 1 aliphatic carbocycles. The molecule has 1 aliphatic rings. The number of hydrogen-bond acceptors (Lipinski definition) is 3. The molecular weight excluding hydrogens is 330 g/mol. The molecule has 0 fully saturated rings. The minimum absolute atomic E-state index is 0.263. The van der Waals surface area contributed by atoms with Gasteiger partial charge in [-0.3, -0.25) is 4.79 Å². The third-order valence-corrected chi connectivity index (χ3v) is 4.67. The smallest absolute Gasteiger partial charge is 0.330 e. The number of amides is 1. The second kappa shape index (κ2) is 7.04. The predicted octanol–water partition coefficient (Wildman–Crippen LogP) is 2.91. The van der Waals surface area contributed by atoms with Gasteiger partial charge in [0, 0.05) is 12.8 Å². The molecule has 0 aliphatic heterocycles. The van der Waals surface area contributed by atoms with Crippen molar-refractivity contribution in [2.45, 2.75) is 25.3 Å². The van der Waals surface area contributed by atoms with Gasteiger partial charge in [-0.15, -0.1) is 0 Å².